The Hall–Kier alpha value is -1.79. The highest BCUT2D eigenvalue weighted by Crippen LogP contribution is 2.56. The van der Waals surface area contributed by atoms with Crippen LogP contribution in [0.1, 0.15) is 47.8 Å². The van der Waals surface area contributed by atoms with E-state index in [0.717, 1.165) is 0 Å². The van der Waals surface area contributed by atoms with Crippen LogP contribution in [0, 0.1) is 0 Å². The Kier molecular flexibility index (Phi) is 4.90. The molecule has 2 aromatic rings. The van der Waals surface area contributed by atoms with Crippen molar-refractivity contribution in [2.45, 2.75) is 76.2 Å². The van der Waals surface area contributed by atoms with Crippen LogP contribution in [0.2, 0.25) is 10.1 Å². The lowest BCUT2D eigenvalue weighted by Crippen LogP contribution is -2.65. The molecule has 0 bridgehead atoms. The van der Waals surface area contributed by atoms with Crippen LogP contribution in [0.25, 0.3) is 11.2 Å². The maximum absolute atomic E-state index is 6.87. The predicted molar refractivity (Wildman–Crippen MR) is 115 cm³/mol. The van der Waals surface area contributed by atoms with Crippen molar-refractivity contribution in [1.82, 2.24) is 19.5 Å². The van der Waals surface area contributed by atoms with Gasteiger partial charge in [0.15, 0.2) is 17.7 Å². The first-order valence-electron chi connectivity index (χ1n) is 10.1. The first kappa shape index (κ1) is 21.4. The van der Waals surface area contributed by atoms with E-state index in [1.807, 2.05) is 0 Å². The highest BCUT2D eigenvalue weighted by Gasteiger charge is 2.65. The van der Waals surface area contributed by atoms with Crippen molar-refractivity contribution in [2.24, 2.45) is 0 Å². The van der Waals surface area contributed by atoms with Crippen molar-refractivity contribution >= 4 is 31.5 Å². The Morgan fingerprint density at radius 1 is 1.13 bits per heavy atom. The molecule has 4 N–H and O–H groups in total. The number of nitrogen functional groups attached to an aromatic ring is 2. The first-order valence-corrected chi connectivity index (χ1v) is 12.0. The van der Waals surface area contributed by atoms with Gasteiger partial charge in [-0.1, -0.05) is 41.5 Å². The highest BCUT2D eigenvalue weighted by atomic mass is 28.4. The molecule has 166 valence electrons. The summed E-state index contributed by atoms with van der Waals surface area (Å²) in [6, 6.07) is 0. The van der Waals surface area contributed by atoms with Crippen LogP contribution >= 0.6 is 0 Å². The number of ether oxygens (including phenoxy) is 2. The third kappa shape index (κ3) is 3.02. The van der Waals surface area contributed by atoms with Gasteiger partial charge >= 0.3 is 8.56 Å². The van der Waals surface area contributed by atoms with Crippen molar-refractivity contribution in [1.29, 1.82) is 0 Å². The molecule has 4 rings (SSSR count). The van der Waals surface area contributed by atoms with Crippen molar-refractivity contribution in [3.05, 3.63) is 6.33 Å². The molecule has 2 saturated heterocycles. The topological polar surface area (TPSA) is 133 Å². The Morgan fingerprint density at radius 3 is 2.40 bits per heavy atom. The SMILES string of the molecule is CO[C@@H]1[C@@H]2O[Si](C(C)(C)C)(C(C)(C)C)OC[C@H]2O[C@H]1n1cnc2c(N)nc(N)nc21. The lowest BCUT2D eigenvalue weighted by atomic mass is 10.1. The molecule has 30 heavy (non-hydrogen) atoms. The van der Waals surface area contributed by atoms with Crippen molar-refractivity contribution in [3.8, 4) is 0 Å². The molecule has 0 aliphatic carbocycles. The van der Waals surface area contributed by atoms with E-state index in [1.165, 1.54) is 0 Å². The summed E-state index contributed by atoms with van der Waals surface area (Å²) in [6.45, 7) is 13.6. The van der Waals surface area contributed by atoms with E-state index in [9.17, 15) is 0 Å². The Bertz CT molecular complexity index is 939. The molecular formula is C19H32N6O4Si. The maximum atomic E-state index is 6.87. The van der Waals surface area contributed by atoms with Crippen LogP contribution in [0.5, 0.6) is 0 Å². The number of hydrogen-bond acceptors (Lipinski definition) is 9. The van der Waals surface area contributed by atoms with Gasteiger partial charge in [0.05, 0.1) is 12.9 Å². The summed E-state index contributed by atoms with van der Waals surface area (Å²) in [5.74, 6) is 0.310. The molecule has 2 aromatic heterocycles. The molecule has 2 aliphatic rings. The normalized spacial score (nSPS) is 29.3. The number of imidazole rings is 1. The van der Waals surface area contributed by atoms with Gasteiger partial charge in [-0.15, -0.1) is 0 Å². The van der Waals surface area contributed by atoms with Gasteiger partial charge in [0, 0.05) is 17.2 Å². The van der Waals surface area contributed by atoms with Gasteiger partial charge < -0.3 is 29.8 Å². The lowest BCUT2D eigenvalue weighted by molar-refractivity contribution is -0.0797. The number of anilines is 2. The molecule has 0 spiro atoms. The zero-order valence-electron chi connectivity index (χ0n) is 18.7. The summed E-state index contributed by atoms with van der Waals surface area (Å²) in [5.41, 5.74) is 12.8. The number of rotatable bonds is 2. The Labute approximate surface area is 177 Å². The summed E-state index contributed by atoms with van der Waals surface area (Å²) in [5, 5.41) is -0.269. The van der Waals surface area contributed by atoms with Crippen LogP contribution in [-0.4, -0.2) is 60.1 Å². The van der Waals surface area contributed by atoms with Gasteiger partial charge in [-0.05, 0) is 0 Å². The molecule has 0 saturated carbocycles. The van der Waals surface area contributed by atoms with E-state index < -0.39 is 14.8 Å². The maximum Gasteiger partial charge on any atom is 0.349 e. The smallest absolute Gasteiger partial charge is 0.349 e. The number of nitrogens with zero attached hydrogens (tertiary/aromatic N) is 4. The third-order valence-corrected chi connectivity index (χ3v) is 11.2. The molecule has 4 atom stereocenters. The van der Waals surface area contributed by atoms with Gasteiger partial charge in [-0.25, -0.2) is 4.98 Å². The van der Waals surface area contributed by atoms with Crippen LogP contribution in [0.15, 0.2) is 6.33 Å². The van der Waals surface area contributed by atoms with Crippen LogP contribution in [0.4, 0.5) is 11.8 Å². The molecule has 0 amide bonds. The number of nitrogens with two attached hydrogens (primary N) is 2. The number of aromatic nitrogens is 4. The van der Waals surface area contributed by atoms with Crippen LogP contribution < -0.4 is 11.5 Å². The monoisotopic (exact) mass is 436 g/mol. The van der Waals surface area contributed by atoms with Crippen molar-refractivity contribution in [2.75, 3.05) is 25.2 Å². The quantitative estimate of drug-likeness (QED) is 0.681. The summed E-state index contributed by atoms with van der Waals surface area (Å²) in [6.07, 6.45) is 0.219. The minimum atomic E-state index is -2.67. The minimum absolute atomic E-state index is 0.0811. The standard InChI is InChI=1S/C19H32N6O4Si/c1-18(2,3)30(19(4,5)6)27-8-10-12(29-30)13(26-7)16(28-10)25-9-22-11-14(20)23-17(21)24-15(11)25/h9-10,12-13,16H,8H2,1-7H3,(H4,20,21,23,24)/t10-,12-,13-,16-/m1/s1. The van der Waals surface area contributed by atoms with Gasteiger partial charge in [-0.3, -0.25) is 4.57 Å². The van der Waals surface area contributed by atoms with E-state index >= 15 is 0 Å². The molecule has 2 aliphatic heterocycles. The molecule has 4 heterocycles. The highest BCUT2D eigenvalue weighted by molar-refractivity contribution is 6.73. The first-order chi connectivity index (χ1) is 13.9. The third-order valence-electron chi connectivity index (χ3n) is 6.03. The van der Waals surface area contributed by atoms with Gasteiger partial charge in [0.1, 0.15) is 23.8 Å². The molecule has 2 fully saturated rings. The van der Waals surface area contributed by atoms with Crippen molar-refractivity contribution < 1.29 is 18.3 Å². The van der Waals surface area contributed by atoms with Gasteiger partial charge in [0.2, 0.25) is 5.95 Å². The average molecular weight is 437 g/mol. The largest absolute Gasteiger partial charge is 0.391 e. The zero-order valence-corrected chi connectivity index (χ0v) is 19.7. The summed E-state index contributed by atoms with van der Waals surface area (Å²) in [7, 11) is -1.00. The predicted octanol–water partition coefficient (Wildman–Crippen LogP) is 2.36. The molecule has 0 radical (unpaired) electrons. The van der Waals surface area contributed by atoms with E-state index in [4.69, 9.17) is 29.8 Å². The van der Waals surface area contributed by atoms with E-state index in [-0.39, 0.29) is 40.2 Å². The van der Waals surface area contributed by atoms with E-state index in [0.29, 0.717) is 17.8 Å². The fourth-order valence-electron chi connectivity index (χ4n) is 4.94. The fourth-order valence-corrected chi connectivity index (χ4v) is 9.90. The zero-order chi connectivity index (χ0) is 22.1. The molecule has 0 unspecified atom stereocenters. The minimum Gasteiger partial charge on any atom is -0.391 e. The fraction of sp³-hybridized carbons (Fsp3) is 0.737. The second-order valence-corrected chi connectivity index (χ2v) is 14.8. The number of methoxy groups -OCH3 is 1. The van der Waals surface area contributed by atoms with Crippen molar-refractivity contribution in [3.63, 3.8) is 0 Å². The van der Waals surface area contributed by atoms with E-state index in [1.54, 1.807) is 18.0 Å². The average Bonchev–Trinajstić information content (AvgIpc) is 3.19. The summed E-state index contributed by atoms with van der Waals surface area (Å²) >= 11 is 0. The van der Waals surface area contributed by atoms with Crippen LogP contribution in [-0.2, 0) is 18.3 Å². The van der Waals surface area contributed by atoms with Gasteiger partial charge in [0.25, 0.3) is 0 Å². The Morgan fingerprint density at radius 2 is 1.80 bits per heavy atom. The van der Waals surface area contributed by atoms with Gasteiger partial charge in [-0.2, -0.15) is 9.97 Å². The molecule has 10 nitrogen and oxygen atoms in total. The number of fused-ring (bicyclic) bond motifs is 2. The second-order valence-electron chi connectivity index (χ2n) is 10.1. The summed E-state index contributed by atoms with van der Waals surface area (Å²) in [4.78, 5) is 12.7. The van der Waals surface area contributed by atoms with E-state index in [2.05, 4.69) is 56.5 Å². The summed E-state index contributed by atoms with van der Waals surface area (Å²) < 4.78 is 27.5. The molecule has 0 aromatic carbocycles. The lowest BCUT2D eigenvalue weighted by Gasteiger charge is -2.53. The van der Waals surface area contributed by atoms with Crippen LogP contribution in [0.3, 0.4) is 0 Å². The number of hydrogen-bond donors (Lipinski definition) is 2. The second kappa shape index (κ2) is 6.86. The molecule has 11 heteroatoms. The molecular weight excluding hydrogens is 404 g/mol. The Balaban J connectivity index is 1.74.